The second-order valence-electron chi connectivity index (χ2n) is 5.64. The van der Waals surface area contributed by atoms with E-state index in [1.54, 1.807) is 19.2 Å². The van der Waals surface area contributed by atoms with Gasteiger partial charge in [-0.25, -0.2) is 0 Å². The number of aromatic hydroxyl groups is 1. The van der Waals surface area contributed by atoms with Gasteiger partial charge in [0.05, 0.1) is 12.7 Å². The molecule has 0 bridgehead atoms. The minimum absolute atomic E-state index is 0.130. The molecule has 1 aromatic carbocycles. The van der Waals surface area contributed by atoms with Crippen LogP contribution < -0.4 is 5.32 Å². The molecule has 20 heavy (non-hydrogen) atoms. The average Bonchev–Trinajstić information content (AvgIpc) is 2.79. The summed E-state index contributed by atoms with van der Waals surface area (Å²) in [5, 5.41) is 12.9. The number of methoxy groups -OCH3 is 1. The van der Waals surface area contributed by atoms with E-state index >= 15 is 0 Å². The lowest BCUT2D eigenvalue weighted by molar-refractivity contribution is 0.0619. The molecule has 2 N–H and O–H groups in total. The fourth-order valence-corrected chi connectivity index (χ4v) is 2.88. The first kappa shape index (κ1) is 15.3. The molecule has 1 fully saturated rings. The summed E-state index contributed by atoms with van der Waals surface area (Å²) in [5.74, 6) is 0.316. The van der Waals surface area contributed by atoms with Crippen molar-refractivity contribution in [2.45, 2.75) is 25.9 Å². The summed E-state index contributed by atoms with van der Waals surface area (Å²) < 4.78 is 10.9. The Morgan fingerprint density at radius 2 is 2.15 bits per heavy atom. The average molecular weight is 279 g/mol. The highest BCUT2D eigenvalue weighted by Crippen LogP contribution is 2.38. The van der Waals surface area contributed by atoms with Crippen molar-refractivity contribution < 1.29 is 14.6 Å². The molecule has 0 saturated carbocycles. The van der Waals surface area contributed by atoms with Crippen molar-refractivity contribution in [3.05, 3.63) is 29.8 Å². The number of phenols is 1. The van der Waals surface area contributed by atoms with E-state index in [-0.39, 0.29) is 11.5 Å². The molecule has 4 heteroatoms. The van der Waals surface area contributed by atoms with Crippen LogP contribution in [0.4, 0.5) is 0 Å². The fourth-order valence-electron chi connectivity index (χ4n) is 2.88. The van der Waals surface area contributed by atoms with E-state index in [4.69, 9.17) is 9.47 Å². The zero-order valence-electron chi connectivity index (χ0n) is 12.4. The molecular formula is C16H25NO3. The van der Waals surface area contributed by atoms with Crippen molar-refractivity contribution in [3.63, 3.8) is 0 Å². The first-order valence-electron chi connectivity index (χ1n) is 7.25. The summed E-state index contributed by atoms with van der Waals surface area (Å²) in [6.45, 7) is 5.50. The standard InChI is InChI=1S/C16H25NO3/c1-13-16(7-9-20-13,12-17-8-10-19-2)11-14-3-5-15(18)6-4-14/h3-6,13,17-18H,7-12H2,1-2H3. The van der Waals surface area contributed by atoms with E-state index in [1.807, 2.05) is 12.1 Å². The largest absolute Gasteiger partial charge is 0.508 e. The van der Waals surface area contributed by atoms with E-state index in [0.29, 0.717) is 5.75 Å². The van der Waals surface area contributed by atoms with E-state index in [0.717, 1.165) is 39.1 Å². The first-order valence-corrected chi connectivity index (χ1v) is 7.25. The predicted molar refractivity (Wildman–Crippen MR) is 79.0 cm³/mol. The molecule has 2 rings (SSSR count). The van der Waals surface area contributed by atoms with Gasteiger partial charge in [0.15, 0.2) is 0 Å². The second kappa shape index (κ2) is 7.07. The van der Waals surface area contributed by atoms with Crippen LogP contribution in [0.15, 0.2) is 24.3 Å². The lowest BCUT2D eigenvalue weighted by atomic mass is 9.76. The highest BCUT2D eigenvalue weighted by molar-refractivity contribution is 5.27. The van der Waals surface area contributed by atoms with Crippen LogP contribution >= 0.6 is 0 Å². The minimum atomic E-state index is 0.130. The summed E-state index contributed by atoms with van der Waals surface area (Å²) in [4.78, 5) is 0. The Morgan fingerprint density at radius 3 is 2.75 bits per heavy atom. The molecular weight excluding hydrogens is 254 g/mol. The highest BCUT2D eigenvalue weighted by Gasteiger charge is 2.41. The summed E-state index contributed by atoms with van der Waals surface area (Å²) in [5.41, 5.74) is 1.37. The third kappa shape index (κ3) is 3.72. The Labute approximate surface area is 121 Å². The Kier molecular flexibility index (Phi) is 5.40. The molecule has 112 valence electrons. The van der Waals surface area contributed by atoms with Gasteiger partial charge in [0, 0.05) is 32.2 Å². The molecule has 0 amide bonds. The van der Waals surface area contributed by atoms with Crippen LogP contribution in [0, 0.1) is 5.41 Å². The molecule has 0 aliphatic carbocycles. The summed E-state index contributed by atoms with van der Waals surface area (Å²) in [7, 11) is 1.72. The van der Waals surface area contributed by atoms with Gasteiger partial charge in [-0.05, 0) is 37.5 Å². The van der Waals surface area contributed by atoms with Crippen LogP contribution in [0.1, 0.15) is 18.9 Å². The van der Waals surface area contributed by atoms with Crippen LogP contribution in [0.3, 0.4) is 0 Å². The maximum atomic E-state index is 9.38. The Hall–Kier alpha value is -1.10. The van der Waals surface area contributed by atoms with Gasteiger partial charge >= 0.3 is 0 Å². The topological polar surface area (TPSA) is 50.7 Å². The molecule has 0 spiro atoms. The lowest BCUT2D eigenvalue weighted by Crippen LogP contribution is -2.42. The van der Waals surface area contributed by atoms with E-state index in [9.17, 15) is 5.11 Å². The van der Waals surface area contributed by atoms with Crippen LogP contribution in [0.2, 0.25) is 0 Å². The molecule has 0 radical (unpaired) electrons. The third-order valence-corrected chi connectivity index (χ3v) is 4.28. The van der Waals surface area contributed by atoms with E-state index in [2.05, 4.69) is 12.2 Å². The van der Waals surface area contributed by atoms with Crippen molar-refractivity contribution in [1.82, 2.24) is 5.32 Å². The fraction of sp³-hybridized carbons (Fsp3) is 0.625. The highest BCUT2D eigenvalue weighted by atomic mass is 16.5. The maximum absolute atomic E-state index is 9.38. The van der Waals surface area contributed by atoms with Gasteiger partial charge < -0.3 is 19.9 Å². The van der Waals surface area contributed by atoms with Crippen molar-refractivity contribution in [2.75, 3.05) is 33.4 Å². The monoisotopic (exact) mass is 279 g/mol. The zero-order chi connectivity index (χ0) is 14.4. The molecule has 2 unspecified atom stereocenters. The van der Waals surface area contributed by atoms with Gasteiger partial charge in [-0.3, -0.25) is 0 Å². The second-order valence-corrected chi connectivity index (χ2v) is 5.64. The summed E-state index contributed by atoms with van der Waals surface area (Å²) >= 11 is 0. The van der Waals surface area contributed by atoms with Crippen molar-refractivity contribution in [3.8, 4) is 5.75 Å². The number of benzene rings is 1. The number of hydrogen-bond donors (Lipinski definition) is 2. The Bertz CT molecular complexity index is 407. The normalized spacial score (nSPS) is 26.0. The van der Waals surface area contributed by atoms with E-state index < -0.39 is 0 Å². The molecule has 1 aliphatic heterocycles. The van der Waals surface area contributed by atoms with Crippen LogP contribution in [-0.2, 0) is 15.9 Å². The first-order chi connectivity index (χ1) is 9.66. The Balaban J connectivity index is 2.01. The summed E-state index contributed by atoms with van der Waals surface area (Å²) in [6, 6.07) is 7.50. The lowest BCUT2D eigenvalue weighted by Gasteiger charge is -2.33. The van der Waals surface area contributed by atoms with Crippen molar-refractivity contribution in [2.24, 2.45) is 5.41 Å². The number of phenolic OH excluding ortho intramolecular Hbond substituents is 1. The number of nitrogens with one attached hydrogen (secondary N) is 1. The third-order valence-electron chi connectivity index (χ3n) is 4.28. The van der Waals surface area contributed by atoms with Crippen LogP contribution in [-0.4, -0.2) is 44.6 Å². The van der Waals surface area contributed by atoms with Gasteiger partial charge in [-0.1, -0.05) is 12.1 Å². The Morgan fingerprint density at radius 1 is 1.40 bits per heavy atom. The smallest absolute Gasteiger partial charge is 0.115 e. The van der Waals surface area contributed by atoms with Crippen molar-refractivity contribution in [1.29, 1.82) is 0 Å². The van der Waals surface area contributed by atoms with Gasteiger partial charge in [-0.2, -0.15) is 0 Å². The van der Waals surface area contributed by atoms with E-state index in [1.165, 1.54) is 5.56 Å². The van der Waals surface area contributed by atoms with Crippen LogP contribution in [0.5, 0.6) is 5.75 Å². The molecule has 2 atom stereocenters. The molecule has 1 aliphatic rings. The SMILES string of the molecule is COCCNCC1(Cc2ccc(O)cc2)CCOC1C. The molecule has 4 nitrogen and oxygen atoms in total. The zero-order valence-corrected chi connectivity index (χ0v) is 12.4. The molecule has 0 aromatic heterocycles. The molecule has 1 aromatic rings. The van der Waals surface area contributed by atoms with Gasteiger partial charge in [0.1, 0.15) is 5.75 Å². The summed E-state index contributed by atoms with van der Waals surface area (Å²) in [6.07, 6.45) is 2.27. The van der Waals surface area contributed by atoms with Gasteiger partial charge in [0.25, 0.3) is 0 Å². The number of rotatable bonds is 7. The maximum Gasteiger partial charge on any atom is 0.115 e. The molecule has 1 saturated heterocycles. The van der Waals surface area contributed by atoms with Crippen LogP contribution in [0.25, 0.3) is 0 Å². The number of hydrogen-bond acceptors (Lipinski definition) is 4. The quantitative estimate of drug-likeness (QED) is 0.749. The number of ether oxygens (including phenoxy) is 2. The van der Waals surface area contributed by atoms with Gasteiger partial charge in [-0.15, -0.1) is 0 Å². The minimum Gasteiger partial charge on any atom is -0.508 e. The predicted octanol–water partition coefficient (Wildman–Crippen LogP) is 1.97. The van der Waals surface area contributed by atoms with Crippen molar-refractivity contribution >= 4 is 0 Å². The molecule has 1 heterocycles. The van der Waals surface area contributed by atoms with Gasteiger partial charge in [0.2, 0.25) is 0 Å².